The van der Waals surface area contributed by atoms with E-state index in [4.69, 9.17) is 9.47 Å². The number of benzene rings is 1. The summed E-state index contributed by atoms with van der Waals surface area (Å²) in [6.45, 7) is 0. The number of thioether (sulfide) groups is 1. The van der Waals surface area contributed by atoms with Crippen molar-refractivity contribution in [3.05, 3.63) is 50.9 Å². The van der Waals surface area contributed by atoms with E-state index in [9.17, 15) is 9.59 Å². The molecule has 0 radical (unpaired) electrons. The third-order valence-corrected chi connectivity index (χ3v) is 6.76. The molecule has 2 heterocycles. The minimum atomic E-state index is -0.316. The molecule has 6 nitrogen and oxygen atoms in total. The predicted molar refractivity (Wildman–Crippen MR) is 112 cm³/mol. The van der Waals surface area contributed by atoms with Gasteiger partial charge in [-0.2, -0.15) is 11.8 Å². The Morgan fingerprint density at radius 2 is 2.11 bits per heavy atom. The summed E-state index contributed by atoms with van der Waals surface area (Å²) < 4.78 is 10.5. The molecule has 3 aromatic rings. The van der Waals surface area contributed by atoms with E-state index in [1.165, 1.54) is 17.6 Å². The number of carbonyl (C=O) groups excluding carboxylic acids is 1. The van der Waals surface area contributed by atoms with Crippen LogP contribution in [0.5, 0.6) is 11.5 Å². The van der Waals surface area contributed by atoms with Gasteiger partial charge in [-0.1, -0.05) is 12.1 Å². The van der Waals surface area contributed by atoms with Gasteiger partial charge in [0.2, 0.25) is 0 Å². The number of nitrogens with zero attached hydrogens (tertiary/aromatic N) is 1. The molecule has 0 fully saturated rings. The first-order valence-electron chi connectivity index (χ1n) is 9.10. The normalized spacial score (nSPS) is 12.9. The molecule has 0 amide bonds. The molecule has 2 aromatic heterocycles. The number of hydrogen-bond acceptors (Lipinski definition) is 7. The van der Waals surface area contributed by atoms with Gasteiger partial charge in [0, 0.05) is 10.6 Å². The van der Waals surface area contributed by atoms with Crippen LogP contribution in [-0.4, -0.2) is 28.8 Å². The Bertz CT molecular complexity index is 1070. The van der Waals surface area contributed by atoms with E-state index in [1.807, 2.05) is 6.07 Å². The number of nitrogens with one attached hydrogen (secondary N) is 1. The maximum Gasteiger partial charge on any atom is 0.312 e. The van der Waals surface area contributed by atoms with Crippen molar-refractivity contribution in [1.29, 1.82) is 0 Å². The Labute approximate surface area is 170 Å². The van der Waals surface area contributed by atoms with Gasteiger partial charge in [0.05, 0.1) is 24.7 Å². The smallest absolute Gasteiger partial charge is 0.312 e. The lowest BCUT2D eigenvalue weighted by molar-refractivity contribution is -0.134. The third kappa shape index (κ3) is 3.93. The molecule has 8 heteroatoms. The lowest BCUT2D eigenvalue weighted by Crippen LogP contribution is -2.12. The number of carbonyl (C=O) groups is 1. The van der Waals surface area contributed by atoms with Crippen LogP contribution in [0, 0.1) is 0 Å². The number of esters is 1. The largest absolute Gasteiger partial charge is 0.493 e. The molecule has 0 saturated heterocycles. The fourth-order valence-corrected chi connectivity index (χ4v) is 5.38. The third-order valence-electron chi connectivity index (χ3n) is 4.61. The lowest BCUT2D eigenvalue weighted by atomic mass is 10.2. The number of para-hydroxylation sites is 2. The van der Waals surface area contributed by atoms with Crippen molar-refractivity contribution in [3.8, 4) is 11.5 Å². The topological polar surface area (TPSA) is 81.3 Å². The maximum atomic E-state index is 12.4. The van der Waals surface area contributed by atoms with E-state index in [1.54, 1.807) is 41.3 Å². The van der Waals surface area contributed by atoms with Crippen molar-refractivity contribution in [3.63, 3.8) is 0 Å². The number of methoxy groups -OCH3 is 1. The average molecular weight is 417 g/mol. The van der Waals surface area contributed by atoms with Gasteiger partial charge < -0.3 is 14.5 Å². The van der Waals surface area contributed by atoms with Gasteiger partial charge in [0.1, 0.15) is 10.7 Å². The molecule has 1 aliphatic carbocycles. The van der Waals surface area contributed by atoms with Crippen LogP contribution in [0.4, 0.5) is 0 Å². The maximum absolute atomic E-state index is 12.4. The van der Waals surface area contributed by atoms with E-state index < -0.39 is 0 Å². The fourth-order valence-electron chi connectivity index (χ4n) is 3.32. The second-order valence-corrected chi connectivity index (χ2v) is 8.67. The van der Waals surface area contributed by atoms with Crippen LogP contribution >= 0.6 is 23.1 Å². The second-order valence-electron chi connectivity index (χ2n) is 6.48. The first-order valence-corrected chi connectivity index (χ1v) is 11.1. The minimum Gasteiger partial charge on any atom is -0.493 e. The summed E-state index contributed by atoms with van der Waals surface area (Å²) in [6.07, 6.45) is 3.41. The summed E-state index contributed by atoms with van der Waals surface area (Å²) in [5.74, 6) is 2.42. The molecular formula is C20H20N2O4S2. The van der Waals surface area contributed by atoms with Crippen LogP contribution < -0.4 is 15.0 Å². The number of aromatic nitrogens is 2. The van der Waals surface area contributed by atoms with Gasteiger partial charge in [0.15, 0.2) is 11.5 Å². The molecule has 1 aromatic carbocycles. The minimum absolute atomic E-state index is 0.0458. The van der Waals surface area contributed by atoms with Gasteiger partial charge in [-0.3, -0.25) is 9.59 Å². The summed E-state index contributed by atoms with van der Waals surface area (Å²) in [5, 5.41) is 0.770. The average Bonchev–Trinajstić information content (AvgIpc) is 3.26. The highest BCUT2D eigenvalue weighted by Crippen LogP contribution is 2.34. The number of H-pyrrole nitrogens is 1. The molecular weight excluding hydrogens is 396 g/mol. The first kappa shape index (κ1) is 19.0. The highest BCUT2D eigenvalue weighted by Gasteiger charge is 2.21. The highest BCUT2D eigenvalue weighted by molar-refractivity contribution is 7.98. The summed E-state index contributed by atoms with van der Waals surface area (Å²) >= 11 is 3.18. The van der Waals surface area contributed by atoms with Crippen molar-refractivity contribution in [2.24, 2.45) is 0 Å². The SMILES string of the molecule is COc1ccccc1OC(=O)CCSCc1nc2sc3c(c2c(=O)[nH]1)CCC3. The molecule has 0 aliphatic heterocycles. The summed E-state index contributed by atoms with van der Waals surface area (Å²) in [4.78, 5) is 34.1. The quantitative estimate of drug-likeness (QED) is 0.359. The molecule has 0 spiro atoms. The van der Waals surface area contributed by atoms with E-state index >= 15 is 0 Å². The molecule has 0 atom stereocenters. The number of thiophene rings is 1. The molecule has 28 heavy (non-hydrogen) atoms. The summed E-state index contributed by atoms with van der Waals surface area (Å²) in [5.41, 5.74) is 1.14. The van der Waals surface area contributed by atoms with E-state index in [0.717, 1.165) is 29.5 Å². The van der Waals surface area contributed by atoms with Gasteiger partial charge >= 0.3 is 5.97 Å². The molecule has 0 bridgehead atoms. The number of aromatic amines is 1. The van der Waals surface area contributed by atoms with Crippen molar-refractivity contribution in [2.45, 2.75) is 31.4 Å². The van der Waals surface area contributed by atoms with Crippen LogP contribution in [0.15, 0.2) is 29.1 Å². The van der Waals surface area contributed by atoms with Gasteiger partial charge in [-0.15, -0.1) is 11.3 Å². The molecule has 1 N–H and O–H groups in total. The zero-order chi connectivity index (χ0) is 19.5. The summed E-state index contributed by atoms with van der Waals surface area (Å²) in [6, 6.07) is 7.06. The second kappa shape index (κ2) is 8.36. The molecule has 4 rings (SSSR count). The van der Waals surface area contributed by atoms with Crippen molar-refractivity contribution in [2.75, 3.05) is 12.9 Å². The number of rotatable bonds is 7. The number of aryl methyl sites for hydroxylation is 2. The molecule has 0 unspecified atom stereocenters. The lowest BCUT2D eigenvalue weighted by Gasteiger charge is -2.08. The van der Waals surface area contributed by atoms with E-state index in [0.29, 0.717) is 28.8 Å². The Hall–Kier alpha value is -2.32. The Morgan fingerprint density at radius 3 is 2.93 bits per heavy atom. The Morgan fingerprint density at radius 1 is 1.29 bits per heavy atom. The van der Waals surface area contributed by atoms with Gasteiger partial charge in [-0.25, -0.2) is 4.98 Å². The predicted octanol–water partition coefficient (Wildman–Crippen LogP) is 3.71. The number of ether oxygens (including phenoxy) is 2. The van der Waals surface area contributed by atoms with E-state index in [2.05, 4.69) is 9.97 Å². The Kier molecular flexibility index (Phi) is 5.68. The van der Waals surface area contributed by atoms with Crippen molar-refractivity contribution >= 4 is 39.3 Å². The molecule has 0 saturated carbocycles. The number of fused-ring (bicyclic) bond motifs is 3. The van der Waals surface area contributed by atoms with Gasteiger partial charge in [-0.05, 0) is 37.0 Å². The standard InChI is InChI=1S/C20H20N2O4S2/c1-25-13-6-2-3-7-14(13)26-17(23)9-10-27-11-16-21-19(24)18-12-5-4-8-15(12)28-20(18)22-16/h2-3,6-7H,4-5,8-11H2,1H3,(H,21,22,24). The first-order chi connectivity index (χ1) is 13.7. The number of hydrogen-bond donors (Lipinski definition) is 1. The van der Waals surface area contributed by atoms with Crippen LogP contribution in [0.2, 0.25) is 0 Å². The van der Waals surface area contributed by atoms with Crippen LogP contribution in [-0.2, 0) is 23.4 Å². The fraction of sp³-hybridized carbons (Fsp3) is 0.350. The zero-order valence-corrected chi connectivity index (χ0v) is 17.1. The highest BCUT2D eigenvalue weighted by atomic mass is 32.2. The summed E-state index contributed by atoms with van der Waals surface area (Å²) in [7, 11) is 1.54. The van der Waals surface area contributed by atoms with Crippen LogP contribution in [0.1, 0.15) is 29.1 Å². The van der Waals surface area contributed by atoms with E-state index in [-0.39, 0.29) is 17.9 Å². The van der Waals surface area contributed by atoms with Crippen molar-refractivity contribution in [1.82, 2.24) is 9.97 Å². The zero-order valence-electron chi connectivity index (χ0n) is 15.4. The molecule has 146 valence electrons. The van der Waals surface area contributed by atoms with Crippen molar-refractivity contribution < 1.29 is 14.3 Å². The monoisotopic (exact) mass is 416 g/mol. The molecule has 1 aliphatic rings. The van der Waals surface area contributed by atoms with Crippen LogP contribution in [0.25, 0.3) is 10.2 Å². The van der Waals surface area contributed by atoms with Gasteiger partial charge in [0.25, 0.3) is 5.56 Å². The van der Waals surface area contributed by atoms with Crippen LogP contribution in [0.3, 0.4) is 0 Å². The Balaban J connectivity index is 1.32.